The largest absolute Gasteiger partial charge is 0.496 e. The fraction of sp³-hybridized carbons (Fsp3) is 0.333. The molecule has 0 saturated carbocycles. The van der Waals surface area contributed by atoms with E-state index in [-0.39, 0.29) is 0 Å². The summed E-state index contributed by atoms with van der Waals surface area (Å²) in [6.45, 7) is 1.63. The Morgan fingerprint density at radius 1 is 1.10 bits per heavy atom. The molecule has 0 aliphatic rings. The van der Waals surface area contributed by atoms with Crippen molar-refractivity contribution in [1.82, 2.24) is 0 Å². The summed E-state index contributed by atoms with van der Waals surface area (Å²) < 4.78 is 28.7. The fourth-order valence-electron chi connectivity index (χ4n) is 2.18. The van der Waals surface area contributed by atoms with E-state index in [0.717, 1.165) is 22.1 Å². The number of ether oxygens (including phenoxy) is 1. The van der Waals surface area contributed by atoms with E-state index in [1.165, 1.54) is 6.26 Å². The molecule has 108 valence electrons. The van der Waals surface area contributed by atoms with Crippen LogP contribution < -0.4 is 4.74 Å². The summed E-state index contributed by atoms with van der Waals surface area (Å²) in [6, 6.07) is 11.3. The van der Waals surface area contributed by atoms with Gasteiger partial charge >= 0.3 is 0 Å². The van der Waals surface area contributed by atoms with Gasteiger partial charge in [-0.2, -0.15) is 0 Å². The zero-order valence-electron chi connectivity index (χ0n) is 11.6. The number of methoxy groups -OCH3 is 1. The van der Waals surface area contributed by atoms with Crippen molar-refractivity contribution in [3.8, 4) is 5.75 Å². The molecule has 0 heterocycles. The van der Waals surface area contributed by atoms with Crippen molar-refractivity contribution >= 4 is 32.2 Å². The molecule has 0 aliphatic carbocycles. The average molecular weight is 313 g/mol. The normalized spacial score (nSPS) is 15.0. The maximum atomic E-state index is 11.7. The smallest absolute Gasteiger partial charge is 0.151 e. The molecule has 2 aromatic carbocycles. The minimum absolute atomic E-state index is 0.596. The number of alkyl halides is 1. The summed E-state index contributed by atoms with van der Waals surface area (Å²) in [5.41, 5.74) is 0.806. The lowest BCUT2D eigenvalue weighted by molar-refractivity contribution is 0.419. The predicted molar refractivity (Wildman–Crippen MR) is 83.4 cm³/mol. The van der Waals surface area contributed by atoms with Gasteiger partial charge in [-0.15, -0.1) is 11.6 Å². The number of benzene rings is 2. The number of fused-ring (bicyclic) bond motifs is 1. The van der Waals surface area contributed by atoms with Crippen LogP contribution in [0.2, 0.25) is 0 Å². The van der Waals surface area contributed by atoms with E-state index in [9.17, 15) is 8.42 Å². The van der Waals surface area contributed by atoms with Crippen molar-refractivity contribution in [2.45, 2.75) is 17.6 Å². The highest BCUT2D eigenvalue weighted by atomic mass is 35.5. The molecular weight excluding hydrogens is 296 g/mol. The Morgan fingerprint density at radius 3 is 2.25 bits per heavy atom. The molecule has 3 nitrogen and oxygen atoms in total. The first-order chi connectivity index (χ1) is 9.36. The van der Waals surface area contributed by atoms with Crippen LogP contribution in [0.25, 0.3) is 10.8 Å². The molecule has 2 rings (SSSR count). The Kier molecular flexibility index (Phi) is 4.25. The van der Waals surface area contributed by atoms with Crippen molar-refractivity contribution in [1.29, 1.82) is 0 Å². The highest BCUT2D eigenvalue weighted by molar-refractivity contribution is 7.91. The third kappa shape index (κ3) is 2.76. The highest BCUT2D eigenvalue weighted by Crippen LogP contribution is 2.36. The zero-order chi connectivity index (χ0) is 14.9. The predicted octanol–water partition coefficient (Wildman–Crippen LogP) is 3.56. The van der Waals surface area contributed by atoms with Crippen LogP contribution in [0, 0.1) is 0 Å². The molecule has 0 aliphatic heterocycles. The second-order valence-corrected chi connectivity index (χ2v) is 7.71. The Labute approximate surface area is 124 Å². The molecule has 2 unspecified atom stereocenters. The van der Waals surface area contributed by atoms with Gasteiger partial charge in [-0.3, -0.25) is 0 Å². The van der Waals surface area contributed by atoms with Gasteiger partial charge in [-0.25, -0.2) is 8.42 Å². The highest BCUT2D eigenvalue weighted by Gasteiger charge is 2.27. The Balaban J connectivity index is 2.61. The third-order valence-corrected chi connectivity index (χ3v) is 5.91. The van der Waals surface area contributed by atoms with E-state index in [2.05, 4.69) is 0 Å². The second kappa shape index (κ2) is 5.62. The van der Waals surface area contributed by atoms with Gasteiger partial charge in [-0.05, 0) is 23.9 Å². The molecular formula is C15H17ClO3S. The van der Waals surface area contributed by atoms with Gasteiger partial charge in [0.15, 0.2) is 9.84 Å². The van der Waals surface area contributed by atoms with Gasteiger partial charge in [0, 0.05) is 11.6 Å². The quantitative estimate of drug-likeness (QED) is 0.811. The number of hydrogen-bond donors (Lipinski definition) is 0. The summed E-state index contributed by atoms with van der Waals surface area (Å²) in [5.74, 6) is 0.750. The summed E-state index contributed by atoms with van der Waals surface area (Å²) in [7, 11) is -1.59. The lowest BCUT2D eigenvalue weighted by atomic mass is 10.00. The molecule has 0 fully saturated rings. The monoisotopic (exact) mass is 312 g/mol. The zero-order valence-corrected chi connectivity index (χ0v) is 13.2. The molecule has 0 aromatic heterocycles. The Bertz CT molecular complexity index is 725. The summed E-state index contributed by atoms with van der Waals surface area (Å²) in [5, 5.41) is 0.600. The van der Waals surface area contributed by atoms with Gasteiger partial charge in [0.2, 0.25) is 0 Å². The van der Waals surface area contributed by atoms with Gasteiger partial charge < -0.3 is 4.74 Å². The molecule has 0 bridgehead atoms. The first-order valence-corrected chi connectivity index (χ1v) is 8.64. The van der Waals surface area contributed by atoms with Crippen molar-refractivity contribution < 1.29 is 13.2 Å². The Morgan fingerprint density at radius 2 is 1.70 bits per heavy atom. The van der Waals surface area contributed by atoms with Crippen molar-refractivity contribution in [2.75, 3.05) is 13.4 Å². The molecule has 0 radical (unpaired) electrons. The van der Waals surface area contributed by atoms with Gasteiger partial charge in [0.1, 0.15) is 5.75 Å². The van der Waals surface area contributed by atoms with Crippen LogP contribution in [-0.2, 0) is 9.84 Å². The van der Waals surface area contributed by atoms with Crippen LogP contribution in [0.5, 0.6) is 5.75 Å². The third-order valence-electron chi connectivity index (χ3n) is 3.52. The topological polar surface area (TPSA) is 43.4 Å². The van der Waals surface area contributed by atoms with Gasteiger partial charge in [0.25, 0.3) is 0 Å². The van der Waals surface area contributed by atoms with E-state index in [4.69, 9.17) is 16.3 Å². The molecule has 0 spiro atoms. The maximum absolute atomic E-state index is 11.7. The minimum Gasteiger partial charge on any atom is -0.496 e. The first kappa shape index (κ1) is 15.1. The van der Waals surface area contributed by atoms with Crippen LogP contribution in [0.3, 0.4) is 0 Å². The molecule has 5 heteroatoms. The van der Waals surface area contributed by atoms with E-state index in [0.29, 0.717) is 0 Å². The Hall–Kier alpha value is -1.26. The lowest BCUT2D eigenvalue weighted by Crippen LogP contribution is -2.21. The number of rotatable bonds is 4. The van der Waals surface area contributed by atoms with Crippen molar-refractivity contribution in [3.63, 3.8) is 0 Å². The lowest BCUT2D eigenvalue weighted by Gasteiger charge is -2.19. The van der Waals surface area contributed by atoms with Gasteiger partial charge in [-0.1, -0.05) is 30.3 Å². The SMILES string of the molecule is COc1ccc(C(Cl)C(C)S(C)(=O)=O)c2ccccc12. The van der Waals surface area contributed by atoms with Crippen molar-refractivity contribution in [3.05, 3.63) is 42.0 Å². The minimum atomic E-state index is -3.20. The molecule has 0 N–H and O–H groups in total. The van der Waals surface area contributed by atoms with Crippen LogP contribution in [0.15, 0.2) is 36.4 Å². The van der Waals surface area contributed by atoms with Crippen molar-refractivity contribution in [2.24, 2.45) is 0 Å². The van der Waals surface area contributed by atoms with Crippen LogP contribution in [-0.4, -0.2) is 27.0 Å². The molecule has 2 aromatic rings. The van der Waals surface area contributed by atoms with E-state index in [1.54, 1.807) is 14.0 Å². The summed E-state index contributed by atoms with van der Waals surface area (Å²) in [6.07, 6.45) is 1.21. The van der Waals surface area contributed by atoms with Gasteiger partial charge in [0.05, 0.1) is 17.7 Å². The standard InChI is InChI=1S/C15H17ClO3S/c1-10(20(3,17)18)15(16)13-8-9-14(19-2)12-7-5-4-6-11(12)13/h4-10,15H,1-3H3. The van der Waals surface area contributed by atoms with E-state index < -0.39 is 20.5 Å². The maximum Gasteiger partial charge on any atom is 0.151 e. The van der Waals surface area contributed by atoms with Crippen LogP contribution in [0.4, 0.5) is 0 Å². The first-order valence-electron chi connectivity index (χ1n) is 6.25. The van der Waals surface area contributed by atoms with Crippen LogP contribution >= 0.6 is 11.6 Å². The molecule has 0 amide bonds. The second-order valence-electron chi connectivity index (χ2n) is 4.84. The average Bonchev–Trinajstić information content (AvgIpc) is 2.43. The van der Waals surface area contributed by atoms with E-state index in [1.807, 2.05) is 36.4 Å². The summed E-state index contributed by atoms with van der Waals surface area (Å²) in [4.78, 5) is 0. The number of hydrogen-bond acceptors (Lipinski definition) is 3. The van der Waals surface area contributed by atoms with E-state index >= 15 is 0 Å². The summed E-state index contributed by atoms with van der Waals surface area (Å²) >= 11 is 6.40. The fourth-order valence-corrected chi connectivity index (χ4v) is 3.51. The molecule has 20 heavy (non-hydrogen) atoms. The molecule has 0 saturated heterocycles. The number of sulfone groups is 1. The van der Waals surface area contributed by atoms with Crippen LogP contribution in [0.1, 0.15) is 17.9 Å². The number of halogens is 1. The molecule has 2 atom stereocenters.